The Kier molecular flexibility index (Phi) is 8.36. The first kappa shape index (κ1) is 22.5. The Balaban J connectivity index is 1.34. The molecular formula is C23H42N4O2. The fraction of sp³-hybridized carbons (Fsp3) is 0.913. The van der Waals surface area contributed by atoms with Gasteiger partial charge in [-0.05, 0) is 69.9 Å². The SMILES string of the molecule is CCN(CC)CCC(=O)NC1CCC(NC(=O)C2CC3CCCC(C)C3N2)CC1. The van der Waals surface area contributed by atoms with Gasteiger partial charge in [0.2, 0.25) is 11.8 Å². The third-order valence-corrected chi connectivity index (χ3v) is 7.59. The van der Waals surface area contributed by atoms with Crippen molar-refractivity contribution in [1.82, 2.24) is 20.9 Å². The molecule has 6 heteroatoms. The van der Waals surface area contributed by atoms with Crippen LogP contribution in [-0.4, -0.2) is 60.5 Å². The average molecular weight is 407 g/mol. The monoisotopic (exact) mass is 406 g/mol. The molecule has 1 saturated heterocycles. The van der Waals surface area contributed by atoms with E-state index >= 15 is 0 Å². The molecule has 4 atom stereocenters. The van der Waals surface area contributed by atoms with Crippen LogP contribution in [0.3, 0.4) is 0 Å². The summed E-state index contributed by atoms with van der Waals surface area (Å²) in [6.45, 7) is 9.40. The lowest BCUT2D eigenvalue weighted by atomic mass is 9.78. The highest BCUT2D eigenvalue weighted by Crippen LogP contribution is 2.36. The van der Waals surface area contributed by atoms with Crippen molar-refractivity contribution in [1.29, 1.82) is 0 Å². The molecule has 3 aliphatic rings. The third-order valence-electron chi connectivity index (χ3n) is 7.59. The van der Waals surface area contributed by atoms with Gasteiger partial charge in [-0.15, -0.1) is 0 Å². The molecule has 2 saturated carbocycles. The van der Waals surface area contributed by atoms with Crippen LogP contribution in [0.15, 0.2) is 0 Å². The molecule has 1 aliphatic heterocycles. The first-order valence-corrected chi connectivity index (χ1v) is 12.1. The number of carbonyl (C=O) groups excluding carboxylic acids is 2. The van der Waals surface area contributed by atoms with E-state index in [1.807, 2.05) is 0 Å². The molecule has 2 amide bonds. The molecule has 3 fully saturated rings. The van der Waals surface area contributed by atoms with Gasteiger partial charge < -0.3 is 20.9 Å². The van der Waals surface area contributed by atoms with Crippen LogP contribution >= 0.6 is 0 Å². The van der Waals surface area contributed by atoms with Gasteiger partial charge >= 0.3 is 0 Å². The first-order valence-electron chi connectivity index (χ1n) is 12.1. The van der Waals surface area contributed by atoms with E-state index in [-0.39, 0.29) is 29.9 Å². The summed E-state index contributed by atoms with van der Waals surface area (Å²) in [6, 6.07) is 1.04. The van der Waals surface area contributed by atoms with Crippen LogP contribution < -0.4 is 16.0 Å². The van der Waals surface area contributed by atoms with Gasteiger partial charge in [0.1, 0.15) is 0 Å². The highest BCUT2D eigenvalue weighted by molar-refractivity contribution is 5.82. The summed E-state index contributed by atoms with van der Waals surface area (Å²) in [6.07, 6.45) is 9.28. The number of fused-ring (bicyclic) bond motifs is 1. The minimum Gasteiger partial charge on any atom is -0.353 e. The summed E-state index contributed by atoms with van der Waals surface area (Å²) in [7, 11) is 0. The maximum Gasteiger partial charge on any atom is 0.237 e. The third kappa shape index (κ3) is 6.17. The second kappa shape index (κ2) is 10.8. The van der Waals surface area contributed by atoms with Crippen molar-refractivity contribution in [3.63, 3.8) is 0 Å². The van der Waals surface area contributed by atoms with Crippen LogP contribution in [-0.2, 0) is 9.59 Å². The lowest BCUT2D eigenvalue weighted by Crippen LogP contribution is -2.50. The van der Waals surface area contributed by atoms with E-state index in [9.17, 15) is 9.59 Å². The highest BCUT2D eigenvalue weighted by Gasteiger charge is 2.41. The van der Waals surface area contributed by atoms with E-state index in [1.54, 1.807) is 0 Å². The fourth-order valence-electron chi connectivity index (χ4n) is 5.66. The van der Waals surface area contributed by atoms with E-state index in [1.165, 1.54) is 19.3 Å². The molecule has 1 heterocycles. The van der Waals surface area contributed by atoms with E-state index < -0.39 is 0 Å². The smallest absolute Gasteiger partial charge is 0.237 e. The molecule has 0 bridgehead atoms. The lowest BCUT2D eigenvalue weighted by molar-refractivity contribution is -0.124. The predicted molar refractivity (Wildman–Crippen MR) is 117 cm³/mol. The Bertz CT molecular complexity index is 543. The van der Waals surface area contributed by atoms with Gasteiger partial charge in [0.05, 0.1) is 6.04 Å². The number of hydrogen-bond donors (Lipinski definition) is 3. The predicted octanol–water partition coefficient (Wildman–Crippen LogP) is 2.43. The van der Waals surface area contributed by atoms with Gasteiger partial charge in [-0.3, -0.25) is 9.59 Å². The molecule has 2 aliphatic carbocycles. The average Bonchev–Trinajstić information content (AvgIpc) is 3.16. The van der Waals surface area contributed by atoms with Gasteiger partial charge in [0, 0.05) is 31.1 Å². The topological polar surface area (TPSA) is 73.5 Å². The van der Waals surface area contributed by atoms with Crippen LogP contribution in [0.1, 0.15) is 78.6 Å². The summed E-state index contributed by atoms with van der Waals surface area (Å²) in [5, 5.41) is 10.1. The number of rotatable bonds is 8. The van der Waals surface area contributed by atoms with Crippen LogP contribution in [0.5, 0.6) is 0 Å². The largest absolute Gasteiger partial charge is 0.353 e. The second-order valence-corrected chi connectivity index (χ2v) is 9.55. The van der Waals surface area contributed by atoms with Gasteiger partial charge in [0.25, 0.3) is 0 Å². The van der Waals surface area contributed by atoms with Crippen LogP contribution in [0.2, 0.25) is 0 Å². The lowest BCUT2D eigenvalue weighted by Gasteiger charge is -2.31. The molecule has 3 rings (SSSR count). The van der Waals surface area contributed by atoms with E-state index in [0.29, 0.717) is 24.3 Å². The molecule has 0 radical (unpaired) electrons. The molecule has 6 nitrogen and oxygen atoms in total. The van der Waals surface area contributed by atoms with E-state index in [2.05, 4.69) is 41.6 Å². The molecular weight excluding hydrogens is 364 g/mol. The van der Waals surface area contributed by atoms with Gasteiger partial charge in [-0.2, -0.15) is 0 Å². The maximum atomic E-state index is 12.8. The van der Waals surface area contributed by atoms with Crippen LogP contribution in [0.25, 0.3) is 0 Å². The quantitative estimate of drug-likeness (QED) is 0.579. The normalized spacial score (nSPS) is 34.6. The van der Waals surface area contributed by atoms with E-state index in [0.717, 1.165) is 51.7 Å². The van der Waals surface area contributed by atoms with Crippen molar-refractivity contribution in [2.45, 2.75) is 103 Å². The number of amides is 2. The second-order valence-electron chi connectivity index (χ2n) is 9.55. The minimum absolute atomic E-state index is 0.0111. The van der Waals surface area contributed by atoms with Crippen molar-refractivity contribution in [2.24, 2.45) is 11.8 Å². The number of hydrogen-bond acceptors (Lipinski definition) is 4. The Morgan fingerprint density at radius 1 is 0.966 bits per heavy atom. The molecule has 0 aromatic carbocycles. The Morgan fingerprint density at radius 3 is 2.24 bits per heavy atom. The summed E-state index contributed by atoms with van der Waals surface area (Å²) >= 11 is 0. The maximum absolute atomic E-state index is 12.8. The summed E-state index contributed by atoms with van der Waals surface area (Å²) in [5.41, 5.74) is 0. The van der Waals surface area contributed by atoms with Crippen molar-refractivity contribution in [2.75, 3.05) is 19.6 Å². The van der Waals surface area contributed by atoms with Gasteiger partial charge in [-0.1, -0.05) is 27.2 Å². The van der Waals surface area contributed by atoms with Crippen molar-refractivity contribution in [3.05, 3.63) is 0 Å². The molecule has 0 aromatic heterocycles. The highest BCUT2D eigenvalue weighted by atomic mass is 16.2. The first-order chi connectivity index (χ1) is 14.0. The standard InChI is InChI=1S/C23H42N4O2/c1-4-27(5-2)14-13-21(28)24-18-9-11-19(12-10-18)25-23(29)20-15-17-8-6-7-16(3)22(17)26-20/h16-20,22,26H,4-15H2,1-3H3,(H,24,28)(H,25,29). The fourth-order valence-corrected chi connectivity index (χ4v) is 5.66. The zero-order valence-corrected chi connectivity index (χ0v) is 18.7. The molecule has 0 spiro atoms. The Hall–Kier alpha value is -1.14. The Morgan fingerprint density at radius 2 is 1.62 bits per heavy atom. The zero-order valence-electron chi connectivity index (χ0n) is 18.7. The summed E-state index contributed by atoms with van der Waals surface area (Å²) in [5.74, 6) is 1.72. The van der Waals surface area contributed by atoms with Crippen molar-refractivity contribution in [3.8, 4) is 0 Å². The summed E-state index contributed by atoms with van der Waals surface area (Å²) < 4.78 is 0. The number of carbonyl (C=O) groups is 2. The van der Waals surface area contributed by atoms with E-state index in [4.69, 9.17) is 0 Å². The van der Waals surface area contributed by atoms with Gasteiger partial charge in [0.15, 0.2) is 0 Å². The van der Waals surface area contributed by atoms with Crippen LogP contribution in [0, 0.1) is 11.8 Å². The number of nitrogens with zero attached hydrogens (tertiary/aromatic N) is 1. The molecule has 3 N–H and O–H groups in total. The molecule has 4 unspecified atom stereocenters. The van der Waals surface area contributed by atoms with Crippen molar-refractivity contribution < 1.29 is 9.59 Å². The molecule has 166 valence electrons. The van der Waals surface area contributed by atoms with Crippen molar-refractivity contribution >= 4 is 11.8 Å². The summed E-state index contributed by atoms with van der Waals surface area (Å²) in [4.78, 5) is 27.3. The van der Waals surface area contributed by atoms with Gasteiger partial charge in [-0.25, -0.2) is 0 Å². The number of nitrogens with one attached hydrogen (secondary N) is 3. The minimum atomic E-state index is -0.0111. The molecule has 0 aromatic rings. The molecule has 29 heavy (non-hydrogen) atoms. The Labute approximate surface area is 176 Å². The zero-order chi connectivity index (χ0) is 20.8. The van der Waals surface area contributed by atoms with Crippen LogP contribution in [0.4, 0.5) is 0 Å².